The Morgan fingerprint density at radius 1 is 1.43 bits per heavy atom. The highest BCUT2D eigenvalue weighted by Crippen LogP contribution is 2.28. The summed E-state index contributed by atoms with van der Waals surface area (Å²) in [5.74, 6) is 0.321. The molecule has 1 amide bonds. The van der Waals surface area contributed by atoms with Gasteiger partial charge >= 0.3 is 0 Å². The van der Waals surface area contributed by atoms with Gasteiger partial charge in [-0.1, -0.05) is 0 Å². The second-order valence-corrected chi connectivity index (χ2v) is 6.25. The molecule has 6 heteroatoms. The van der Waals surface area contributed by atoms with E-state index in [1.165, 1.54) is 10.6 Å². The summed E-state index contributed by atoms with van der Waals surface area (Å²) in [5, 5.41) is 3.08. The summed E-state index contributed by atoms with van der Waals surface area (Å²) in [5.41, 5.74) is 0.461. The predicted octanol–water partition coefficient (Wildman–Crippen LogP) is 1.86. The molecule has 110 valence electrons. The molecule has 1 aliphatic rings. The highest BCUT2D eigenvalue weighted by atomic mass is 32.1. The number of aromatic nitrogens is 2. The first kappa shape index (κ1) is 14.0. The minimum Gasteiger partial charge on any atom is -0.338 e. The number of amides is 1. The Morgan fingerprint density at radius 2 is 2.29 bits per heavy atom. The number of pyridine rings is 1. The smallest absolute Gasteiger partial charge is 0.255 e. The maximum absolute atomic E-state index is 12.6. The largest absolute Gasteiger partial charge is 0.338 e. The standard InChI is InChI=1S/C15H17N3O2S/c1-17-9-12(4-5-13(17)19)15(20)18-7-2-3-11(10-18)14-16-6-8-21-14/h4-6,8-9,11H,2-3,7,10H2,1H3/t11-/m1/s1. The third kappa shape index (κ3) is 2.90. The van der Waals surface area contributed by atoms with Crippen LogP contribution in [0.3, 0.4) is 0 Å². The van der Waals surface area contributed by atoms with Crippen molar-refractivity contribution in [1.29, 1.82) is 0 Å². The Bertz CT molecular complexity index is 693. The fraction of sp³-hybridized carbons (Fsp3) is 0.400. The summed E-state index contributed by atoms with van der Waals surface area (Å²) in [4.78, 5) is 30.2. The second kappa shape index (κ2) is 5.81. The molecular weight excluding hydrogens is 286 g/mol. The molecule has 1 fully saturated rings. The van der Waals surface area contributed by atoms with Gasteiger partial charge in [-0.05, 0) is 18.9 Å². The summed E-state index contributed by atoms with van der Waals surface area (Å²) < 4.78 is 1.44. The lowest BCUT2D eigenvalue weighted by molar-refractivity contribution is 0.0706. The van der Waals surface area contributed by atoms with Crippen LogP contribution in [0.2, 0.25) is 0 Å². The zero-order valence-electron chi connectivity index (χ0n) is 11.9. The zero-order valence-corrected chi connectivity index (χ0v) is 12.7. The van der Waals surface area contributed by atoms with Gasteiger partial charge in [0.1, 0.15) is 0 Å². The Kier molecular flexibility index (Phi) is 3.88. The number of aryl methyl sites for hydroxylation is 1. The molecule has 0 spiro atoms. The van der Waals surface area contributed by atoms with Crippen LogP contribution in [0.4, 0.5) is 0 Å². The van der Waals surface area contributed by atoms with E-state index < -0.39 is 0 Å². The lowest BCUT2D eigenvalue weighted by atomic mass is 9.98. The Labute approximate surface area is 126 Å². The van der Waals surface area contributed by atoms with Crippen LogP contribution in [0.5, 0.6) is 0 Å². The monoisotopic (exact) mass is 303 g/mol. The first-order chi connectivity index (χ1) is 10.1. The lowest BCUT2D eigenvalue weighted by Gasteiger charge is -2.32. The molecule has 0 aromatic carbocycles. The molecule has 2 aromatic rings. The van der Waals surface area contributed by atoms with Gasteiger partial charge < -0.3 is 9.47 Å². The van der Waals surface area contributed by atoms with Gasteiger partial charge in [0.2, 0.25) is 5.56 Å². The molecule has 1 atom stereocenters. The number of hydrogen-bond donors (Lipinski definition) is 0. The number of nitrogens with zero attached hydrogens (tertiary/aromatic N) is 3. The van der Waals surface area contributed by atoms with Gasteiger partial charge in [0, 0.05) is 49.9 Å². The summed E-state index contributed by atoms with van der Waals surface area (Å²) in [6.07, 6.45) is 5.48. The first-order valence-corrected chi connectivity index (χ1v) is 7.88. The molecule has 3 rings (SSSR count). The van der Waals surface area contributed by atoms with Crippen LogP contribution in [0.15, 0.2) is 34.7 Å². The molecule has 0 bridgehead atoms. The van der Waals surface area contributed by atoms with Gasteiger partial charge in [-0.15, -0.1) is 11.3 Å². The maximum atomic E-state index is 12.6. The van der Waals surface area contributed by atoms with Crippen LogP contribution in [0.25, 0.3) is 0 Å². The third-order valence-corrected chi connectivity index (χ3v) is 4.78. The van der Waals surface area contributed by atoms with E-state index in [-0.39, 0.29) is 11.5 Å². The van der Waals surface area contributed by atoms with Crippen LogP contribution < -0.4 is 5.56 Å². The van der Waals surface area contributed by atoms with Gasteiger partial charge in [0.25, 0.3) is 5.91 Å². The van der Waals surface area contributed by atoms with Gasteiger partial charge in [-0.25, -0.2) is 4.98 Å². The van der Waals surface area contributed by atoms with Crippen molar-refractivity contribution in [2.45, 2.75) is 18.8 Å². The van der Waals surface area contributed by atoms with Gasteiger partial charge in [-0.2, -0.15) is 0 Å². The van der Waals surface area contributed by atoms with Gasteiger partial charge in [-0.3, -0.25) is 9.59 Å². The number of piperidine rings is 1. The SMILES string of the molecule is Cn1cc(C(=O)N2CCC[C@@H](c3nccs3)C2)ccc1=O. The van der Waals surface area contributed by atoms with Crippen LogP contribution in [-0.4, -0.2) is 33.4 Å². The second-order valence-electron chi connectivity index (χ2n) is 5.33. The van der Waals surface area contributed by atoms with Crippen LogP contribution in [-0.2, 0) is 7.05 Å². The summed E-state index contributed by atoms with van der Waals surface area (Å²) in [6, 6.07) is 3.05. The molecule has 3 heterocycles. The first-order valence-electron chi connectivity index (χ1n) is 7.00. The maximum Gasteiger partial charge on any atom is 0.255 e. The number of rotatable bonds is 2. The summed E-state index contributed by atoms with van der Waals surface area (Å²) >= 11 is 1.65. The fourth-order valence-electron chi connectivity index (χ4n) is 2.70. The van der Waals surface area contributed by atoms with Crippen molar-refractivity contribution in [3.05, 3.63) is 50.8 Å². The average molecular weight is 303 g/mol. The van der Waals surface area contributed by atoms with Crippen molar-refractivity contribution >= 4 is 17.2 Å². The van der Waals surface area contributed by atoms with E-state index in [0.717, 1.165) is 24.4 Å². The molecule has 5 nitrogen and oxygen atoms in total. The van der Waals surface area contributed by atoms with Crippen molar-refractivity contribution in [2.24, 2.45) is 7.05 Å². The quantitative estimate of drug-likeness (QED) is 0.851. The number of likely N-dealkylation sites (tertiary alicyclic amines) is 1. The van der Waals surface area contributed by atoms with Crippen molar-refractivity contribution in [2.75, 3.05) is 13.1 Å². The minimum absolute atomic E-state index is 0.00754. The predicted molar refractivity (Wildman–Crippen MR) is 81.7 cm³/mol. The topological polar surface area (TPSA) is 55.2 Å². The average Bonchev–Trinajstić information content (AvgIpc) is 3.04. The molecule has 0 unspecified atom stereocenters. The Morgan fingerprint density at radius 3 is 3.00 bits per heavy atom. The van der Waals surface area contributed by atoms with E-state index in [1.54, 1.807) is 30.6 Å². The van der Waals surface area contributed by atoms with E-state index in [4.69, 9.17) is 0 Å². The molecule has 1 saturated heterocycles. The Hall–Kier alpha value is -1.95. The number of carbonyl (C=O) groups is 1. The van der Waals surface area contributed by atoms with Crippen molar-refractivity contribution in [1.82, 2.24) is 14.5 Å². The number of thiazole rings is 1. The molecular formula is C15H17N3O2S. The van der Waals surface area contributed by atoms with Crippen LogP contribution >= 0.6 is 11.3 Å². The fourth-order valence-corrected chi connectivity index (χ4v) is 3.47. The molecule has 21 heavy (non-hydrogen) atoms. The number of hydrogen-bond acceptors (Lipinski definition) is 4. The highest BCUT2D eigenvalue weighted by molar-refractivity contribution is 7.09. The summed E-state index contributed by atoms with van der Waals surface area (Å²) in [6.45, 7) is 1.47. The van der Waals surface area contributed by atoms with Crippen molar-refractivity contribution in [3.8, 4) is 0 Å². The summed E-state index contributed by atoms with van der Waals surface area (Å²) in [7, 11) is 1.66. The van der Waals surface area contributed by atoms with E-state index in [1.807, 2.05) is 16.5 Å². The lowest BCUT2D eigenvalue weighted by Crippen LogP contribution is -2.39. The molecule has 0 aliphatic carbocycles. The van der Waals surface area contributed by atoms with Crippen molar-refractivity contribution < 1.29 is 4.79 Å². The van der Waals surface area contributed by atoms with E-state index >= 15 is 0 Å². The molecule has 0 saturated carbocycles. The molecule has 0 radical (unpaired) electrons. The third-order valence-electron chi connectivity index (χ3n) is 3.84. The van der Waals surface area contributed by atoms with Gasteiger partial charge in [0.15, 0.2) is 0 Å². The molecule has 2 aromatic heterocycles. The highest BCUT2D eigenvalue weighted by Gasteiger charge is 2.26. The van der Waals surface area contributed by atoms with E-state index in [9.17, 15) is 9.59 Å². The van der Waals surface area contributed by atoms with E-state index in [2.05, 4.69) is 4.98 Å². The van der Waals surface area contributed by atoms with Crippen molar-refractivity contribution in [3.63, 3.8) is 0 Å². The van der Waals surface area contributed by atoms with E-state index in [0.29, 0.717) is 18.0 Å². The Balaban J connectivity index is 1.78. The minimum atomic E-state index is -0.106. The van der Waals surface area contributed by atoms with Crippen LogP contribution in [0.1, 0.15) is 34.1 Å². The molecule has 1 aliphatic heterocycles. The molecule has 0 N–H and O–H groups in total. The van der Waals surface area contributed by atoms with Gasteiger partial charge in [0.05, 0.1) is 10.6 Å². The zero-order chi connectivity index (χ0) is 14.8. The number of carbonyl (C=O) groups excluding carboxylic acids is 1. The van der Waals surface area contributed by atoms with Crippen LogP contribution in [0, 0.1) is 0 Å². The normalized spacial score (nSPS) is 18.7.